The third-order valence-electron chi connectivity index (χ3n) is 6.58. The van der Waals surface area contributed by atoms with Gasteiger partial charge in [0.1, 0.15) is 11.6 Å². The number of anilines is 3. The summed E-state index contributed by atoms with van der Waals surface area (Å²) in [5, 5.41) is 3.00. The van der Waals surface area contributed by atoms with Crippen molar-refractivity contribution in [2.24, 2.45) is 0 Å². The Labute approximate surface area is 194 Å². The number of benzene rings is 1. The summed E-state index contributed by atoms with van der Waals surface area (Å²) in [4.78, 5) is 29.5. The lowest BCUT2D eigenvalue weighted by Gasteiger charge is -2.36. The second kappa shape index (κ2) is 9.82. The van der Waals surface area contributed by atoms with Gasteiger partial charge < -0.3 is 29.5 Å². The van der Waals surface area contributed by atoms with E-state index in [0.29, 0.717) is 32.1 Å². The van der Waals surface area contributed by atoms with Gasteiger partial charge in [-0.05, 0) is 31.4 Å². The zero-order valence-corrected chi connectivity index (χ0v) is 19.3. The molecule has 5 rings (SSSR count). The van der Waals surface area contributed by atoms with Gasteiger partial charge in [0.2, 0.25) is 5.95 Å². The molecule has 33 heavy (non-hydrogen) atoms. The predicted octanol–water partition coefficient (Wildman–Crippen LogP) is 2.90. The molecule has 2 aromatic rings. The van der Waals surface area contributed by atoms with Crippen molar-refractivity contribution in [3.8, 4) is 5.75 Å². The molecule has 9 nitrogen and oxygen atoms in total. The summed E-state index contributed by atoms with van der Waals surface area (Å²) in [5.74, 6) is 2.51. The van der Waals surface area contributed by atoms with Crippen molar-refractivity contribution in [3.05, 3.63) is 35.5 Å². The van der Waals surface area contributed by atoms with E-state index in [1.54, 1.807) is 7.11 Å². The fourth-order valence-corrected chi connectivity index (χ4v) is 4.73. The zero-order chi connectivity index (χ0) is 22.6. The lowest BCUT2D eigenvalue weighted by atomic mass is 10.1. The van der Waals surface area contributed by atoms with Crippen LogP contribution >= 0.6 is 0 Å². The van der Waals surface area contributed by atoms with Crippen molar-refractivity contribution in [3.63, 3.8) is 0 Å². The standard InChI is InChI=1S/C24H32N6O3/c1-32-19-7-5-6-18(16-19)25-24(31)30-11-8-21-20(17-30)22(28-12-14-33-15-13-28)27-23(26-21)29-9-3-2-4-10-29/h5-7,16H,2-4,8-15,17H2,1H3,(H,25,31). The molecule has 176 valence electrons. The van der Waals surface area contributed by atoms with Gasteiger partial charge in [0.25, 0.3) is 0 Å². The first kappa shape index (κ1) is 21.8. The van der Waals surface area contributed by atoms with Gasteiger partial charge in [-0.15, -0.1) is 0 Å². The maximum atomic E-state index is 13.1. The fraction of sp³-hybridized carbons (Fsp3) is 0.542. The van der Waals surface area contributed by atoms with E-state index in [-0.39, 0.29) is 6.03 Å². The molecule has 0 spiro atoms. The van der Waals surface area contributed by atoms with Crippen LogP contribution in [0.5, 0.6) is 5.75 Å². The summed E-state index contributed by atoms with van der Waals surface area (Å²) in [5.41, 5.74) is 2.84. The highest BCUT2D eigenvalue weighted by Gasteiger charge is 2.29. The topological polar surface area (TPSA) is 83.1 Å². The molecular formula is C24H32N6O3. The third-order valence-corrected chi connectivity index (χ3v) is 6.58. The van der Waals surface area contributed by atoms with Gasteiger partial charge in [-0.3, -0.25) is 0 Å². The number of amides is 2. The lowest BCUT2D eigenvalue weighted by molar-refractivity contribution is 0.122. The van der Waals surface area contributed by atoms with Crippen molar-refractivity contribution in [1.82, 2.24) is 14.9 Å². The molecule has 1 aromatic carbocycles. The van der Waals surface area contributed by atoms with Gasteiger partial charge in [-0.1, -0.05) is 6.07 Å². The van der Waals surface area contributed by atoms with E-state index in [2.05, 4.69) is 15.1 Å². The molecule has 0 bridgehead atoms. The number of hydrogen-bond donors (Lipinski definition) is 1. The summed E-state index contributed by atoms with van der Waals surface area (Å²) in [6.07, 6.45) is 4.37. The van der Waals surface area contributed by atoms with Crippen molar-refractivity contribution in [2.45, 2.75) is 32.2 Å². The van der Waals surface area contributed by atoms with Crippen LogP contribution < -0.4 is 19.9 Å². The normalized spacial score (nSPS) is 18.6. The van der Waals surface area contributed by atoms with E-state index in [9.17, 15) is 4.79 Å². The highest BCUT2D eigenvalue weighted by atomic mass is 16.5. The van der Waals surface area contributed by atoms with E-state index in [4.69, 9.17) is 19.4 Å². The first-order valence-corrected chi connectivity index (χ1v) is 11.9. The zero-order valence-electron chi connectivity index (χ0n) is 19.3. The van der Waals surface area contributed by atoms with E-state index in [1.807, 2.05) is 29.2 Å². The number of methoxy groups -OCH3 is 1. The number of piperidine rings is 1. The molecule has 1 N–H and O–H groups in total. The number of nitrogens with one attached hydrogen (secondary N) is 1. The second-order valence-electron chi connectivity index (χ2n) is 8.75. The van der Waals surface area contributed by atoms with E-state index < -0.39 is 0 Å². The largest absolute Gasteiger partial charge is 0.497 e. The maximum Gasteiger partial charge on any atom is 0.322 e. The smallest absolute Gasteiger partial charge is 0.322 e. The second-order valence-corrected chi connectivity index (χ2v) is 8.75. The predicted molar refractivity (Wildman–Crippen MR) is 127 cm³/mol. The summed E-state index contributed by atoms with van der Waals surface area (Å²) in [6, 6.07) is 7.29. The highest BCUT2D eigenvalue weighted by molar-refractivity contribution is 5.89. The average Bonchev–Trinajstić information content (AvgIpc) is 2.89. The Hall–Kier alpha value is -3.07. The molecule has 0 atom stereocenters. The summed E-state index contributed by atoms with van der Waals surface area (Å²) < 4.78 is 10.8. The molecular weight excluding hydrogens is 420 g/mol. The minimum absolute atomic E-state index is 0.123. The van der Waals surface area contributed by atoms with Crippen LogP contribution in [0.1, 0.15) is 30.5 Å². The summed E-state index contributed by atoms with van der Waals surface area (Å²) in [6.45, 7) is 6.14. The quantitative estimate of drug-likeness (QED) is 0.764. The van der Waals surface area contributed by atoms with Crippen molar-refractivity contribution in [1.29, 1.82) is 0 Å². The third kappa shape index (κ3) is 4.83. The van der Waals surface area contributed by atoms with Gasteiger partial charge in [0.05, 0.1) is 32.6 Å². The van der Waals surface area contributed by atoms with Gasteiger partial charge in [0.15, 0.2) is 0 Å². The van der Waals surface area contributed by atoms with Crippen LogP contribution in [0.3, 0.4) is 0 Å². The Kier molecular flexibility index (Phi) is 6.48. The lowest BCUT2D eigenvalue weighted by Crippen LogP contribution is -2.43. The number of urea groups is 1. The minimum Gasteiger partial charge on any atom is -0.497 e. The van der Waals surface area contributed by atoms with Crippen LogP contribution in [0.25, 0.3) is 0 Å². The monoisotopic (exact) mass is 452 g/mol. The first-order valence-electron chi connectivity index (χ1n) is 11.9. The van der Waals surface area contributed by atoms with Crippen LogP contribution in [-0.4, -0.2) is 73.9 Å². The van der Waals surface area contributed by atoms with Gasteiger partial charge in [-0.2, -0.15) is 4.98 Å². The Morgan fingerprint density at radius 3 is 2.64 bits per heavy atom. The molecule has 0 unspecified atom stereocenters. The van der Waals surface area contributed by atoms with Crippen LogP contribution in [0.4, 0.5) is 22.2 Å². The van der Waals surface area contributed by atoms with Crippen molar-refractivity contribution in [2.75, 3.05) is 68.2 Å². The number of aromatic nitrogens is 2. The Balaban J connectivity index is 1.39. The van der Waals surface area contributed by atoms with E-state index in [1.165, 1.54) is 19.3 Å². The number of ether oxygens (including phenoxy) is 2. The van der Waals surface area contributed by atoms with Crippen LogP contribution in [0.15, 0.2) is 24.3 Å². The van der Waals surface area contributed by atoms with Crippen LogP contribution in [0, 0.1) is 0 Å². The number of carbonyl (C=O) groups is 1. The number of hydrogen-bond acceptors (Lipinski definition) is 7. The van der Waals surface area contributed by atoms with Crippen molar-refractivity contribution < 1.29 is 14.3 Å². The maximum absolute atomic E-state index is 13.1. The average molecular weight is 453 g/mol. The Bertz CT molecular complexity index is 988. The summed E-state index contributed by atoms with van der Waals surface area (Å²) >= 11 is 0. The number of carbonyl (C=O) groups excluding carboxylic acids is 1. The molecule has 2 fully saturated rings. The minimum atomic E-state index is -0.123. The van der Waals surface area contributed by atoms with Crippen molar-refractivity contribution >= 4 is 23.5 Å². The van der Waals surface area contributed by atoms with E-state index in [0.717, 1.165) is 61.3 Å². The highest BCUT2D eigenvalue weighted by Crippen LogP contribution is 2.31. The molecule has 4 heterocycles. The molecule has 0 radical (unpaired) electrons. The van der Waals surface area contributed by atoms with E-state index >= 15 is 0 Å². The molecule has 3 aliphatic heterocycles. The number of nitrogens with zero attached hydrogens (tertiary/aromatic N) is 5. The van der Waals surface area contributed by atoms with Gasteiger partial charge >= 0.3 is 6.03 Å². The molecule has 0 aliphatic carbocycles. The van der Waals surface area contributed by atoms with Gasteiger partial charge in [0, 0.05) is 56.5 Å². The molecule has 9 heteroatoms. The van der Waals surface area contributed by atoms with Gasteiger partial charge in [-0.25, -0.2) is 9.78 Å². The SMILES string of the molecule is COc1cccc(NC(=O)N2CCc3nc(N4CCCCC4)nc(N4CCOCC4)c3C2)c1. The summed E-state index contributed by atoms with van der Waals surface area (Å²) in [7, 11) is 1.62. The number of morpholine rings is 1. The molecule has 3 aliphatic rings. The molecule has 2 saturated heterocycles. The first-order chi connectivity index (χ1) is 16.2. The van der Waals surface area contributed by atoms with Crippen LogP contribution in [0.2, 0.25) is 0 Å². The number of rotatable bonds is 4. The molecule has 1 aromatic heterocycles. The number of fused-ring (bicyclic) bond motifs is 1. The van der Waals surface area contributed by atoms with Crippen LogP contribution in [-0.2, 0) is 17.7 Å². The Morgan fingerprint density at radius 2 is 1.85 bits per heavy atom. The molecule has 2 amide bonds. The Morgan fingerprint density at radius 1 is 1.03 bits per heavy atom. The fourth-order valence-electron chi connectivity index (χ4n) is 4.73. The molecule has 0 saturated carbocycles.